The highest BCUT2D eigenvalue weighted by atomic mass is 79.9. The van der Waals surface area contributed by atoms with Crippen molar-refractivity contribution in [2.24, 2.45) is 0 Å². The molecule has 0 aromatic carbocycles. The number of rotatable bonds is 3. The van der Waals surface area contributed by atoms with E-state index in [1.54, 1.807) is 17.5 Å². The molecule has 0 unspecified atom stereocenters. The number of aromatic nitrogens is 2. The van der Waals surface area contributed by atoms with E-state index in [4.69, 9.17) is 4.74 Å². The zero-order valence-electron chi connectivity index (χ0n) is 8.11. The lowest BCUT2D eigenvalue weighted by molar-refractivity contribution is 0.293. The molecule has 0 spiro atoms. The van der Waals surface area contributed by atoms with Gasteiger partial charge in [0, 0.05) is 12.3 Å². The molecule has 0 N–H and O–H groups in total. The largest absolute Gasteiger partial charge is 0.470 e. The fourth-order valence-corrected chi connectivity index (χ4v) is 2.41. The molecule has 0 saturated carbocycles. The Hall–Kier alpha value is -0.940. The lowest BCUT2D eigenvalue weighted by Gasteiger charge is -2.00. The number of ether oxygens (including phenoxy) is 1. The lowest BCUT2D eigenvalue weighted by Crippen LogP contribution is -1.96. The van der Waals surface area contributed by atoms with Gasteiger partial charge in [0.05, 0.1) is 9.48 Å². The number of aryl methyl sites for hydroxylation is 1. The molecule has 0 atom stereocenters. The molecule has 2 aromatic rings. The summed E-state index contributed by atoms with van der Waals surface area (Å²) in [5, 5.41) is 0.949. The van der Waals surface area contributed by atoms with Gasteiger partial charge in [-0.3, -0.25) is 0 Å². The van der Waals surface area contributed by atoms with Gasteiger partial charge in [0.1, 0.15) is 11.6 Å². The number of nitrogens with zero attached hydrogens (tertiary/aromatic N) is 2. The van der Waals surface area contributed by atoms with Crippen LogP contribution in [0.5, 0.6) is 5.88 Å². The molecule has 0 radical (unpaired) electrons. The maximum atomic E-state index is 5.48. The summed E-state index contributed by atoms with van der Waals surface area (Å²) in [6.45, 7) is 2.43. The Morgan fingerprint density at radius 2 is 2.33 bits per heavy atom. The van der Waals surface area contributed by atoms with E-state index in [1.807, 2.05) is 25.1 Å². The maximum absolute atomic E-state index is 5.48. The quantitative estimate of drug-likeness (QED) is 0.868. The van der Waals surface area contributed by atoms with Crippen molar-refractivity contribution in [3.8, 4) is 5.88 Å². The van der Waals surface area contributed by atoms with E-state index in [2.05, 4.69) is 25.9 Å². The SMILES string of the molecule is Cc1nc(COc2ccccn2)sc1Br. The van der Waals surface area contributed by atoms with Crippen molar-refractivity contribution in [3.63, 3.8) is 0 Å². The molecule has 2 aromatic heterocycles. The van der Waals surface area contributed by atoms with Crippen LogP contribution < -0.4 is 4.74 Å². The van der Waals surface area contributed by atoms with Gasteiger partial charge in [-0.1, -0.05) is 6.07 Å². The van der Waals surface area contributed by atoms with Crippen LogP contribution in [0.2, 0.25) is 0 Å². The molecule has 3 nitrogen and oxygen atoms in total. The Morgan fingerprint density at radius 3 is 2.93 bits per heavy atom. The highest BCUT2D eigenvalue weighted by Crippen LogP contribution is 2.24. The molecule has 0 aliphatic heterocycles. The number of pyridine rings is 1. The number of thiazole rings is 1. The van der Waals surface area contributed by atoms with Crippen molar-refractivity contribution in [1.29, 1.82) is 0 Å². The number of hydrogen-bond acceptors (Lipinski definition) is 4. The van der Waals surface area contributed by atoms with Crippen molar-refractivity contribution >= 4 is 27.3 Å². The van der Waals surface area contributed by atoms with Gasteiger partial charge in [-0.05, 0) is 28.9 Å². The highest BCUT2D eigenvalue weighted by Gasteiger charge is 2.05. The lowest BCUT2D eigenvalue weighted by atomic mass is 10.5. The van der Waals surface area contributed by atoms with Crippen LogP contribution in [-0.4, -0.2) is 9.97 Å². The van der Waals surface area contributed by atoms with Crippen LogP contribution in [0.4, 0.5) is 0 Å². The third-order valence-corrected chi connectivity index (χ3v) is 3.74. The van der Waals surface area contributed by atoms with Crippen LogP contribution in [-0.2, 0) is 6.61 Å². The molecular formula is C10H9BrN2OS. The van der Waals surface area contributed by atoms with Gasteiger partial charge in [-0.25, -0.2) is 9.97 Å². The monoisotopic (exact) mass is 284 g/mol. The van der Waals surface area contributed by atoms with Gasteiger partial charge in [-0.2, -0.15) is 0 Å². The maximum Gasteiger partial charge on any atom is 0.213 e. The summed E-state index contributed by atoms with van der Waals surface area (Å²) in [5.41, 5.74) is 1.000. The second kappa shape index (κ2) is 4.72. The fraction of sp³-hybridized carbons (Fsp3) is 0.200. The second-order valence-electron chi connectivity index (χ2n) is 2.92. The summed E-state index contributed by atoms with van der Waals surface area (Å²) < 4.78 is 6.53. The minimum atomic E-state index is 0.466. The van der Waals surface area contributed by atoms with Crippen molar-refractivity contribution < 1.29 is 4.74 Å². The Kier molecular flexibility index (Phi) is 3.33. The van der Waals surface area contributed by atoms with Gasteiger partial charge >= 0.3 is 0 Å². The molecule has 0 saturated heterocycles. The van der Waals surface area contributed by atoms with Gasteiger partial charge in [-0.15, -0.1) is 11.3 Å². The van der Waals surface area contributed by atoms with Gasteiger partial charge in [0.25, 0.3) is 0 Å². The Morgan fingerprint density at radius 1 is 1.47 bits per heavy atom. The van der Waals surface area contributed by atoms with Gasteiger partial charge < -0.3 is 4.74 Å². The Bertz CT molecular complexity index is 424. The average molecular weight is 285 g/mol. The fourth-order valence-electron chi connectivity index (χ4n) is 1.06. The summed E-state index contributed by atoms with van der Waals surface area (Å²) in [6, 6.07) is 5.58. The van der Waals surface area contributed by atoms with Crippen LogP contribution in [0.1, 0.15) is 10.7 Å². The minimum Gasteiger partial charge on any atom is -0.470 e. The molecule has 15 heavy (non-hydrogen) atoms. The highest BCUT2D eigenvalue weighted by molar-refractivity contribution is 9.11. The first kappa shape index (κ1) is 10.6. The van der Waals surface area contributed by atoms with Crippen molar-refractivity contribution in [2.75, 3.05) is 0 Å². The zero-order valence-corrected chi connectivity index (χ0v) is 10.5. The van der Waals surface area contributed by atoms with Crippen LogP contribution in [0.3, 0.4) is 0 Å². The molecule has 0 amide bonds. The van der Waals surface area contributed by atoms with E-state index in [1.165, 1.54) is 0 Å². The first-order valence-electron chi connectivity index (χ1n) is 4.41. The zero-order chi connectivity index (χ0) is 10.7. The van der Waals surface area contributed by atoms with E-state index in [-0.39, 0.29) is 0 Å². The van der Waals surface area contributed by atoms with Crippen LogP contribution in [0.25, 0.3) is 0 Å². The summed E-state index contributed by atoms with van der Waals surface area (Å²) in [4.78, 5) is 8.41. The summed E-state index contributed by atoms with van der Waals surface area (Å²) in [5.74, 6) is 0.626. The van der Waals surface area contributed by atoms with Gasteiger partial charge in [0.2, 0.25) is 5.88 Å². The third-order valence-electron chi connectivity index (χ3n) is 1.77. The topological polar surface area (TPSA) is 35.0 Å². The van der Waals surface area contributed by atoms with E-state index < -0.39 is 0 Å². The molecule has 78 valence electrons. The van der Waals surface area contributed by atoms with Crippen LogP contribution >= 0.6 is 27.3 Å². The molecular weight excluding hydrogens is 276 g/mol. The second-order valence-corrected chi connectivity index (χ2v) is 5.32. The van der Waals surface area contributed by atoms with E-state index in [9.17, 15) is 0 Å². The Balaban J connectivity index is 1.99. The number of halogens is 1. The Labute approximate surface area is 100 Å². The molecule has 0 bridgehead atoms. The smallest absolute Gasteiger partial charge is 0.213 e. The molecule has 0 aliphatic rings. The summed E-state index contributed by atoms with van der Waals surface area (Å²) >= 11 is 5.01. The van der Waals surface area contributed by atoms with E-state index in [0.717, 1.165) is 14.5 Å². The summed E-state index contributed by atoms with van der Waals surface area (Å²) in [7, 11) is 0. The van der Waals surface area contributed by atoms with Crippen LogP contribution in [0, 0.1) is 6.92 Å². The molecule has 2 heterocycles. The molecule has 0 aliphatic carbocycles. The number of hydrogen-bond donors (Lipinski definition) is 0. The third kappa shape index (κ3) is 2.76. The summed E-state index contributed by atoms with van der Waals surface area (Å²) in [6.07, 6.45) is 1.71. The predicted molar refractivity (Wildman–Crippen MR) is 63.1 cm³/mol. The average Bonchev–Trinajstić information content (AvgIpc) is 2.57. The molecule has 2 rings (SSSR count). The van der Waals surface area contributed by atoms with Gasteiger partial charge in [0.15, 0.2) is 0 Å². The predicted octanol–water partition coefficient (Wildman–Crippen LogP) is 3.19. The molecule has 5 heteroatoms. The first-order valence-corrected chi connectivity index (χ1v) is 6.02. The minimum absolute atomic E-state index is 0.466. The van der Waals surface area contributed by atoms with E-state index in [0.29, 0.717) is 12.5 Å². The van der Waals surface area contributed by atoms with Crippen molar-refractivity contribution in [1.82, 2.24) is 9.97 Å². The van der Waals surface area contributed by atoms with Crippen molar-refractivity contribution in [3.05, 3.63) is 38.9 Å². The van der Waals surface area contributed by atoms with E-state index >= 15 is 0 Å². The van der Waals surface area contributed by atoms with Crippen molar-refractivity contribution in [2.45, 2.75) is 13.5 Å². The normalized spacial score (nSPS) is 10.3. The standard InChI is InChI=1S/C10H9BrN2OS/c1-7-10(11)15-9(13-7)6-14-8-4-2-3-5-12-8/h2-5H,6H2,1H3. The first-order chi connectivity index (χ1) is 7.25. The van der Waals surface area contributed by atoms with Crippen LogP contribution in [0.15, 0.2) is 28.2 Å². The molecule has 0 fully saturated rings.